The van der Waals surface area contributed by atoms with Crippen LogP contribution < -0.4 is 19.1 Å². The van der Waals surface area contributed by atoms with Gasteiger partial charge in [-0.05, 0) is 48.4 Å². The number of nitrogens with one attached hydrogen (secondary N) is 2. The van der Waals surface area contributed by atoms with Crippen LogP contribution in [0.2, 0.25) is 0 Å². The highest BCUT2D eigenvalue weighted by molar-refractivity contribution is 7.90. The monoisotopic (exact) mass is 549 g/mol. The summed E-state index contributed by atoms with van der Waals surface area (Å²) in [6, 6.07) is 13.1. The lowest BCUT2D eigenvalue weighted by Crippen LogP contribution is -2.34. The number of ether oxygens (including phenoxy) is 1. The molecule has 1 saturated heterocycles. The number of urea groups is 1. The lowest BCUT2D eigenvalue weighted by atomic mass is 10.2. The van der Waals surface area contributed by atoms with E-state index in [1.807, 2.05) is 6.07 Å². The fourth-order valence-electron chi connectivity index (χ4n) is 3.74. The highest BCUT2D eigenvalue weighted by atomic mass is 32.2. The van der Waals surface area contributed by atoms with Gasteiger partial charge in [0.15, 0.2) is 0 Å². The number of hydrogen-bond acceptors (Lipinski definition) is 6. The van der Waals surface area contributed by atoms with Crippen molar-refractivity contribution in [1.29, 1.82) is 0 Å². The molecule has 0 bridgehead atoms. The average molecular weight is 550 g/mol. The van der Waals surface area contributed by atoms with Crippen LogP contribution in [-0.4, -0.2) is 42.6 Å². The van der Waals surface area contributed by atoms with E-state index < -0.39 is 40.3 Å². The fourth-order valence-corrected chi connectivity index (χ4v) is 4.64. The van der Waals surface area contributed by atoms with Crippen LogP contribution in [-0.2, 0) is 28.1 Å². The molecule has 1 unspecified atom stereocenters. The number of rotatable bonds is 9. The molecule has 3 amide bonds. The summed E-state index contributed by atoms with van der Waals surface area (Å²) in [5, 5.41) is 0. The maximum atomic E-state index is 13.2. The van der Waals surface area contributed by atoms with Crippen molar-refractivity contribution in [1.82, 2.24) is 14.6 Å². The summed E-state index contributed by atoms with van der Waals surface area (Å²) in [7, 11) is -4.01. The number of halogens is 3. The van der Waals surface area contributed by atoms with E-state index in [0.717, 1.165) is 34.7 Å². The summed E-state index contributed by atoms with van der Waals surface area (Å²) >= 11 is 0. The Bertz CT molecular complexity index is 1420. The number of alkyl halides is 3. The van der Waals surface area contributed by atoms with Gasteiger partial charge in [0.25, 0.3) is 16.1 Å². The number of carbonyl (C=O) groups excluding carboxylic acids is 2. The first-order valence-electron chi connectivity index (χ1n) is 11.2. The molecule has 0 radical (unpaired) electrons. The van der Waals surface area contributed by atoms with Gasteiger partial charge in [-0.3, -0.25) is 14.5 Å². The summed E-state index contributed by atoms with van der Waals surface area (Å²) in [6.45, 7) is 1.40. The van der Waals surface area contributed by atoms with Crippen molar-refractivity contribution in [2.24, 2.45) is 0 Å². The number of amides is 3. The van der Waals surface area contributed by atoms with Crippen molar-refractivity contribution in [3.8, 4) is 5.75 Å². The molecular formula is C24H22F3N5O5S. The van der Waals surface area contributed by atoms with Crippen molar-refractivity contribution in [3.63, 3.8) is 0 Å². The molecule has 200 valence electrons. The van der Waals surface area contributed by atoms with Gasteiger partial charge in [0, 0.05) is 12.7 Å². The van der Waals surface area contributed by atoms with E-state index in [4.69, 9.17) is 0 Å². The van der Waals surface area contributed by atoms with Gasteiger partial charge in [0.2, 0.25) is 0 Å². The Morgan fingerprint density at radius 1 is 1.03 bits per heavy atom. The molecule has 3 aromatic rings. The lowest BCUT2D eigenvalue weighted by molar-refractivity contribution is -0.274. The molecule has 1 aliphatic heterocycles. The summed E-state index contributed by atoms with van der Waals surface area (Å²) in [5.41, 5.74) is 1.28. The Morgan fingerprint density at radius 2 is 1.71 bits per heavy atom. The SMILES string of the molecule is CC1C(=O)N(c2ccc(OC(F)(F)F)cc2)C(=O)N1Cc1ccncc1NS(=O)(=O)NCc1ccccc1. The van der Waals surface area contributed by atoms with Gasteiger partial charge in [-0.15, -0.1) is 13.2 Å². The number of carbonyl (C=O) groups is 2. The van der Waals surface area contributed by atoms with Crippen LogP contribution in [0.15, 0.2) is 73.1 Å². The summed E-state index contributed by atoms with van der Waals surface area (Å²) in [4.78, 5) is 32.0. The smallest absolute Gasteiger partial charge is 0.406 e. The first-order valence-corrected chi connectivity index (χ1v) is 12.7. The number of anilines is 2. The average Bonchev–Trinajstić information content (AvgIpc) is 3.07. The van der Waals surface area contributed by atoms with E-state index in [1.165, 1.54) is 30.3 Å². The number of imide groups is 1. The van der Waals surface area contributed by atoms with Gasteiger partial charge in [0.1, 0.15) is 11.8 Å². The number of aromatic nitrogens is 1. The predicted molar refractivity (Wildman–Crippen MR) is 131 cm³/mol. The summed E-state index contributed by atoms with van der Waals surface area (Å²) in [5.74, 6) is -1.10. The lowest BCUT2D eigenvalue weighted by Gasteiger charge is -2.21. The van der Waals surface area contributed by atoms with Gasteiger partial charge in [-0.2, -0.15) is 13.1 Å². The van der Waals surface area contributed by atoms with Crippen molar-refractivity contribution >= 4 is 33.5 Å². The quantitative estimate of drug-likeness (QED) is 0.392. The Kier molecular flexibility index (Phi) is 7.55. The van der Waals surface area contributed by atoms with Crippen molar-refractivity contribution in [3.05, 3.63) is 84.2 Å². The summed E-state index contributed by atoms with van der Waals surface area (Å²) in [6.07, 6.45) is -2.19. The molecule has 10 nitrogen and oxygen atoms in total. The second kappa shape index (κ2) is 10.7. The topological polar surface area (TPSA) is 121 Å². The molecule has 2 aromatic carbocycles. The molecule has 2 N–H and O–H groups in total. The van der Waals surface area contributed by atoms with Crippen LogP contribution in [0.1, 0.15) is 18.1 Å². The standard InChI is InChI=1S/C24H22F3N5O5S/c1-16-22(33)32(19-7-9-20(10-8-19)37-24(25,26)27)23(34)31(16)15-18-11-12-28-14-21(18)30-38(35,36)29-13-17-5-3-2-4-6-17/h2-12,14,16,29-30H,13,15H2,1H3. The zero-order valence-corrected chi connectivity index (χ0v) is 20.7. The van der Waals surface area contributed by atoms with Crippen LogP contribution in [0.5, 0.6) is 5.75 Å². The third-order valence-corrected chi connectivity index (χ3v) is 6.63. The van der Waals surface area contributed by atoms with E-state index >= 15 is 0 Å². The largest absolute Gasteiger partial charge is 0.573 e. The molecular weight excluding hydrogens is 527 g/mol. The molecule has 38 heavy (non-hydrogen) atoms. The number of pyridine rings is 1. The van der Waals surface area contributed by atoms with E-state index in [9.17, 15) is 31.2 Å². The van der Waals surface area contributed by atoms with Crippen LogP contribution in [0.3, 0.4) is 0 Å². The number of nitrogens with zero attached hydrogens (tertiary/aromatic N) is 3. The van der Waals surface area contributed by atoms with E-state index in [-0.39, 0.29) is 24.5 Å². The normalized spacial score (nSPS) is 16.2. The zero-order valence-electron chi connectivity index (χ0n) is 19.8. The second-order valence-electron chi connectivity index (χ2n) is 8.25. The molecule has 2 heterocycles. The maximum Gasteiger partial charge on any atom is 0.573 e. The Labute approximate surface area is 216 Å². The van der Waals surface area contributed by atoms with E-state index in [1.54, 1.807) is 24.3 Å². The number of hydrogen-bond donors (Lipinski definition) is 2. The Hall–Kier alpha value is -4.17. The van der Waals surface area contributed by atoms with Crippen LogP contribution in [0.25, 0.3) is 0 Å². The zero-order chi connectivity index (χ0) is 27.5. The van der Waals surface area contributed by atoms with Gasteiger partial charge >= 0.3 is 12.4 Å². The van der Waals surface area contributed by atoms with Crippen molar-refractivity contribution < 1.29 is 35.9 Å². The van der Waals surface area contributed by atoms with Gasteiger partial charge in [0.05, 0.1) is 24.1 Å². The molecule has 1 atom stereocenters. The molecule has 1 aliphatic rings. The van der Waals surface area contributed by atoms with Crippen LogP contribution >= 0.6 is 0 Å². The summed E-state index contributed by atoms with van der Waals surface area (Å²) < 4.78 is 71.2. The number of benzene rings is 2. The van der Waals surface area contributed by atoms with E-state index in [0.29, 0.717) is 5.56 Å². The van der Waals surface area contributed by atoms with E-state index in [2.05, 4.69) is 19.2 Å². The molecule has 1 fully saturated rings. The molecule has 0 spiro atoms. The Morgan fingerprint density at radius 3 is 2.37 bits per heavy atom. The molecule has 0 saturated carbocycles. The van der Waals surface area contributed by atoms with Gasteiger partial charge in [-0.1, -0.05) is 30.3 Å². The minimum absolute atomic E-state index is 0.0453. The van der Waals surface area contributed by atoms with Crippen LogP contribution in [0.4, 0.5) is 29.3 Å². The molecule has 14 heteroatoms. The highest BCUT2D eigenvalue weighted by Gasteiger charge is 2.43. The Balaban J connectivity index is 1.48. The first kappa shape index (κ1) is 26.9. The minimum Gasteiger partial charge on any atom is -0.406 e. The fraction of sp³-hybridized carbons (Fsp3) is 0.208. The van der Waals surface area contributed by atoms with Crippen LogP contribution in [0, 0.1) is 0 Å². The van der Waals surface area contributed by atoms with Gasteiger partial charge in [-0.25, -0.2) is 9.69 Å². The second-order valence-corrected chi connectivity index (χ2v) is 9.75. The van der Waals surface area contributed by atoms with Gasteiger partial charge < -0.3 is 9.64 Å². The van der Waals surface area contributed by atoms with Crippen molar-refractivity contribution in [2.45, 2.75) is 32.4 Å². The predicted octanol–water partition coefficient (Wildman–Crippen LogP) is 3.78. The first-order chi connectivity index (χ1) is 17.9. The maximum absolute atomic E-state index is 13.2. The molecule has 4 rings (SSSR count). The van der Waals surface area contributed by atoms with Crippen molar-refractivity contribution in [2.75, 3.05) is 9.62 Å². The minimum atomic E-state index is -4.88. The molecule has 0 aliphatic carbocycles. The molecule has 1 aromatic heterocycles. The third kappa shape index (κ3) is 6.39. The highest BCUT2D eigenvalue weighted by Crippen LogP contribution is 2.30. The third-order valence-electron chi connectivity index (χ3n) is 5.62.